The Balaban J connectivity index is 1.43. The molecule has 0 amide bonds. The van der Waals surface area contributed by atoms with E-state index in [4.69, 9.17) is 4.74 Å². The molecule has 0 radical (unpaired) electrons. The first-order chi connectivity index (χ1) is 16.8. The summed E-state index contributed by atoms with van der Waals surface area (Å²) in [7, 11) is 0. The summed E-state index contributed by atoms with van der Waals surface area (Å²) in [6.45, 7) is 7.71. The monoisotopic (exact) mass is 506 g/mol. The van der Waals surface area contributed by atoms with Crippen LogP contribution in [0.25, 0.3) is 0 Å². The van der Waals surface area contributed by atoms with Gasteiger partial charge in [0.15, 0.2) is 0 Å². The Hall–Kier alpha value is -1.32. The van der Waals surface area contributed by atoms with Crippen LogP contribution in [0.1, 0.15) is 72.6 Å². The normalized spacial score (nSPS) is 51.8. The van der Waals surface area contributed by atoms with Crippen molar-refractivity contribution in [1.82, 2.24) is 0 Å². The Labute approximate surface area is 212 Å². The van der Waals surface area contributed by atoms with Crippen molar-refractivity contribution in [1.29, 1.82) is 0 Å². The van der Waals surface area contributed by atoms with Crippen LogP contribution in [0.4, 0.5) is 0 Å². The first-order valence-corrected chi connectivity index (χ1v) is 13.6. The summed E-state index contributed by atoms with van der Waals surface area (Å²) in [6.07, 6.45) is -0.379. The number of hydrogen-bond donors (Lipinski definition) is 5. The van der Waals surface area contributed by atoms with Gasteiger partial charge in [-0.25, -0.2) is 4.79 Å². The number of ether oxygens (including phenoxy) is 1. The van der Waals surface area contributed by atoms with Gasteiger partial charge >= 0.3 is 5.97 Å². The van der Waals surface area contributed by atoms with Gasteiger partial charge in [-0.2, -0.15) is 0 Å². The van der Waals surface area contributed by atoms with Gasteiger partial charge in [-0.05, 0) is 81.0 Å². The molecule has 0 bridgehead atoms. The molecule has 12 atom stereocenters. The molecule has 5 N–H and O–H groups in total. The number of esters is 1. The molecule has 5 aliphatic rings. The average Bonchev–Trinajstić information content (AvgIpc) is 3.17. The van der Waals surface area contributed by atoms with Gasteiger partial charge in [0.2, 0.25) is 0 Å². The molecule has 202 valence electrons. The van der Waals surface area contributed by atoms with Crippen LogP contribution in [0.2, 0.25) is 0 Å². The highest BCUT2D eigenvalue weighted by Crippen LogP contribution is 2.68. The lowest BCUT2D eigenvalue weighted by atomic mass is 9.41. The van der Waals surface area contributed by atoms with E-state index >= 15 is 0 Å². The van der Waals surface area contributed by atoms with Gasteiger partial charge in [-0.1, -0.05) is 19.4 Å². The van der Waals surface area contributed by atoms with Crippen molar-refractivity contribution >= 4 is 11.8 Å². The number of rotatable bonds is 3. The highest BCUT2D eigenvalue weighted by atomic mass is 16.5. The number of ketones is 1. The van der Waals surface area contributed by atoms with E-state index in [-0.39, 0.29) is 60.4 Å². The van der Waals surface area contributed by atoms with Gasteiger partial charge in [0.05, 0.1) is 29.8 Å². The van der Waals surface area contributed by atoms with E-state index in [0.29, 0.717) is 24.3 Å². The third-order valence-electron chi connectivity index (χ3n) is 11.8. The molecule has 0 aromatic carbocycles. The second kappa shape index (κ2) is 8.60. The van der Waals surface area contributed by atoms with E-state index in [1.165, 1.54) is 0 Å². The van der Waals surface area contributed by atoms with Crippen molar-refractivity contribution in [2.75, 3.05) is 6.61 Å². The fourth-order valence-corrected chi connectivity index (χ4v) is 9.66. The van der Waals surface area contributed by atoms with E-state index in [2.05, 4.69) is 13.8 Å². The number of carbonyl (C=O) groups excluding carboxylic acids is 2. The first kappa shape index (κ1) is 26.3. The fourth-order valence-electron chi connectivity index (χ4n) is 9.66. The topological polar surface area (TPSA) is 145 Å². The van der Waals surface area contributed by atoms with Crippen molar-refractivity contribution in [2.24, 2.45) is 40.4 Å². The molecule has 0 saturated heterocycles. The summed E-state index contributed by atoms with van der Waals surface area (Å²) in [4.78, 5) is 25.8. The zero-order valence-corrected chi connectivity index (χ0v) is 21.8. The van der Waals surface area contributed by atoms with Crippen LogP contribution in [0.15, 0.2) is 11.1 Å². The molecule has 8 nitrogen and oxygen atoms in total. The van der Waals surface area contributed by atoms with E-state index < -0.39 is 35.3 Å². The maximum Gasteiger partial charge on any atom is 0.336 e. The summed E-state index contributed by atoms with van der Waals surface area (Å²) < 4.78 is 5.79. The SMILES string of the molecule is CC1=C(CO)C(=O)O[C@@H]([C@@H](C)[C@H]2CC[C@H]3[C@@H]4C[C@@H](O)[C@@]5(O)[C@@H](O)[C@@H](O)CC(=O)[C@]5(C)[C@H]4CC[C@]23C)C1. The lowest BCUT2D eigenvalue weighted by molar-refractivity contribution is -0.289. The number of Topliss-reactive ketones (excluding diaryl/α,β-unsaturated/α-hetero) is 1. The summed E-state index contributed by atoms with van der Waals surface area (Å²) in [5.74, 6) is -0.225. The molecule has 1 aliphatic heterocycles. The molecule has 0 unspecified atom stereocenters. The molecule has 4 fully saturated rings. The van der Waals surface area contributed by atoms with Gasteiger partial charge in [0.1, 0.15) is 23.6 Å². The van der Waals surface area contributed by atoms with Crippen molar-refractivity contribution in [3.05, 3.63) is 11.1 Å². The molecule has 4 saturated carbocycles. The number of fused-ring (bicyclic) bond motifs is 5. The number of carbonyl (C=O) groups is 2. The molecule has 36 heavy (non-hydrogen) atoms. The number of aliphatic hydroxyl groups excluding tert-OH is 4. The molecule has 0 aromatic rings. The van der Waals surface area contributed by atoms with E-state index in [9.17, 15) is 35.1 Å². The maximum absolute atomic E-state index is 13.4. The van der Waals surface area contributed by atoms with Crippen LogP contribution in [0, 0.1) is 40.4 Å². The van der Waals surface area contributed by atoms with Crippen molar-refractivity contribution in [3.8, 4) is 0 Å². The van der Waals surface area contributed by atoms with Crippen molar-refractivity contribution in [3.63, 3.8) is 0 Å². The lowest BCUT2D eigenvalue weighted by Crippen LogP contribution is -2.77. The Morgan fingerprint density at radius 2 is 1.75 bits per heavy atom. The van der Waals surface area contributed by atoms with Crippen LogP contribution in [-0.4, -0.2) is 73.9 Å². The minimum Gasteiger partial charge on any atom is -0.458 e. The van der Waals surface area contributed by atoms with Crippen molar-refractivity contribution in [2.45, 2.75) is 103 Å². The van der Waals surface area contributed by atoms with Crippen LogP contribution < -0.4 is 0 Å². The Morgan fingerprint density at radius 3 is 2.39 bits per heavy atom. The zero-order valence-electron chi connectivity index (χ0n) is 21.8. The molecule has 0 spiro atoms. The molecule has 4 aliphatic carbocycles. The second-order valence-corrected chi connectivity index (χ2v) is 12.9. The van der Waals surface area contributed by atoms with Crippen LogP contribution >= 0.6 is 0 Å². The predicted molar refractivity (Wildman–Crippen MR) is 129 cm³/mol. The predicted octanol–water partition coefficient (Wildman–Crippen LogP) is 1.50. The first-order valence-electron chi connectivity index (χ1n) is 13.6. The number of cyclic esters (lactones) is 1. The van der Waals surface area contributed by atoms with Gasteiger partial charge in [-0.3, -0.25) is 4.79 Å². The van der Waals surface area contributed by atoms with Crippen LogP contribution in [-0.2, 0) is 14.3 Å². The standard InChI is InChI=1S/C28H42O8/c1-13-9-21(36-25(34)16(13)12-29)14(2)17-5-6-18-15-10-23(32)28(35)24(33)20(30)11-22(31)27(28,4)19(15)7-8-26(17,18)3/h14-15,17-21,23-24,29-30,32-33,35H,5-12H2,1-4H3/t14-,15-,17+,18-,19-,20-,21+,23+,24-,26+,27-,28+/m0/s1. The minimum absolute atomic E-state index is 0.0177. The molecular weight excluding hydrogens is 464 g/mol. The van der Waals surface area contributed by atoms with Gasteiger partial charge in [-0.15, -0.1) is 0 Å². The van der Waals surface area contributed by atoms with Crippen LogP contribution in [0.3, 0.4) is 0 Å². The largest absolute Gasteiger partial charge is 0.458 e. The van der Waals surface area contributed by atoms with E-state index in [1.807, 2.05) is 6.92 Å². The Bertz CT molecular complexity index is 977. The third-order valence-corrected chi connectivity index (χ3v) is 11.8. The molecule has 1 heterocycles. The summed E-state index contributed by atoms with van der Waals surface area (Å²) in [6, 6.07) is 0. The average molecular weight is 507 g/mol. The number of hydrogen-bond acceptors (Lipinski definition) is 8. The third kappa shape index (κ3) is 3.24. The summed E-state index contributed by atoms with van der Waals surface area (Å²) >= 11 is 0. The van der Waals surface area contributed by atoms with Gasteiger partial charge in [0.25, 0.3) is 0 Å². The van der Waals surface area contributed by atoms with E-state index in [0.717, 1.165) is 24.8 Å². The quantitative estimate of drug-likeness (QED) is 0.362. The maximum atomic E-state index is 13.4. The molecule has 5 rings (SSSR count). The zero-order chi connectivity index (χ0) is 26.4. The smallest absolute Gasteiger partial charge is 0.336 e. The van der Waals surface area contributed by atoms with Gasteiger partial charge < -0.3 is 30.3 Å². The summed E-state index contributed by atoms with van der Waals surface area (Å²) in [5, 5.41) is 53.4. The highest BCUT2D eigenvalue weighted by Gasteiger charge is 2.73. The summed E-state index contributed by atoms with van der Waals surface area (Å²) in [5.41, 5.74) is -2.21. The second-order valence-electron chi connectivity index (χ2n) is 12.9. The number of aliphatic hydroxyl groups is 5. The minimum atomic E-state index is -2.06. The van der Waals surface area contributed by atoms with E-state index in [1.54, 1.807) is 6.92 Å². The Kier molecular flexibility index (Phi) is 6.28. The van der Waals surface area contributed by atoms with Gasteiger partial charge in [0, 0.05) is 12.8 Å². The van der Waals surface area contributed by atoms with Crippen molar-refractivity contribution < 1.29 is 39.9 Å². The molecule has 0 aromatic heterocycles. The Morgan fingerprint density at radius 1 is 1.06 bits per heavy atom. The molecule has 8 heteroatoms. The lowest BCUT2D eigenvalue weighted by Gasteiger charge is -2.65. The van der Waals surface area contributed by atoms with Crippen LogP contribution in [0.5, 0.6) is 0 Å². The molecular formula is C28H42O8. The highest BCUT2D eigenvalue weighted by molar-refractivity contribution is 5.90. The fraction of sp³-hybridized carbons (Fsp3) is 0.857.